The molecule has 3 amide bonds. The molecule has 0 fully saturated rings. The molecule has 2 rings (SSSR count). The lowest BCUT2D eigenvalue weighted by atomic mass is 10.2. The number of benzene rings is 1. The Hall–Kier alpha value is -2.02. The third kappa shape index (κ3) is 5.26. The van der Waals surface area contributed by atoms with Crippen LogP contribution in [0.15, 0.2) is 41.0 Å². The highest BCUT2D eigenvalue weighted by atomic mass is 79.9. The maximum atomic E-state index is 12.6. The monoisotopic (exact) mass is 395 g/mol. The number of hydrogen-bond acceptors (Lipinski definition) is 3. The molecule has 0 bridgehead atoms. The highest BCUT2D eigenvalue weighted by Crippen LogP contribution is 2.22. The maximum absolute atomic E-state index is 12.6. The van der Waals surface area contributed by atoms with Gasteiger partial charge in [-0.2, -0.15) is 0 Å². The Bertz CT molecular complexity index is 640. The van der Waals surface area contributed by atoms with Gasteiger partial charge in [0.05, 0.1) is 0 Å². The number of carbonyl (C=O) groups excluding carboxylic acids is 2. The fourth-order valence-corrected chi connectivity index (χ4v) is 2.59. The molecule has 130 valence electrons. The van der Waals surface area contributed by atoms with E-state index in [0.717, 1.165) is 10.2 Å². The zero-order valence-electron chi connectivity index (χ0n) is 14.1. The van der Waals surface area contributed by atoms with Crippen molar-refractivity contribution >= 4 is 33.7 Å². The predicted molar refractivity (Wildman–Crippen MR) is 97.0 cm³/mol. The van der Waals surface area contributed by atoms with Gasteiger partial charge in [-0.15, -0.1) is 0 Å². The van der Waals surface area contributed by atoms with Gasteiger partial charge in [-0.25, -0.2) is 9.59 Å². The molecule has 24 heavy (non-hydrogen) atoms. The van der Waals surface area contributed by atoms with Crippen molar-refractivity contribution in [2.45, 2.75) is 26.4 Å². The first kappa shape index (κ1) is 18.3. The molecule has 7 heteroatoms. The van der Waals surface area contributed by atoms with E-state index in [0.29, 0.717) is 19.6 Å². The molecule has 1 aromatic carbocycles. The van der Waals surface area contributed by atoms with E-state index in [-0.39, 0.29) is 6.03 Å². The first-order valence-electron chi connectivity index (χ1n) is 7.73. The van der Waals surface area contributed by atoms with Gasteiger partial charge in [0.25, 0.3) is 0 Å². The lowest BCUT2D eigenvalue weighted by molar-refractivity contribution is 0.0525. The van der Waals surface area contributed by atoms with Crippen molar-refractivity contribution in [3.63, 3.8) is 0 Å². The average molecular weight is 396 g/mol. The Morgan fingerprint density at radius 1 is 1.38 bits per heavy atom. The Morgan fingerprint density at radius 2 is 2.12 bits per heavy atom. The van der Waals surface area contributed by atoms with Gasteiger partial charge in [0, 0.05) is 36.0 Å². The van der Waals surface area contributed by atoms with Crippen LogP contribution in [0, 0.1) is 0 Å². The molecule has 1 aromatic rings. The summed E-state index contributed by atoms with van der Waals surface area (Å²) in [5, 5.41) is 2.66. The van der Waals surface area contributed by atoms with E-state index >= 15 is 0 Å². The van der Waals surface area contributed by atoms with E-state index in [1.165, 1.54) is 0 Å². The number of rotatable bonds is 4. The second kappa shape index (κ2) is 7.70. The van der Waals surface area contributed by atoms with Crippen molar-refractivity contribution in [1.82, 2.24) is 10.2 Å². The smallest absolute Gasteiger partial charge is 0.407 e. The summed E-state index contributed by atoms with van der Waals surface area (Å²) in [5.74, 6) is 0. The minimum atomic E-state index is -0.539. The summed E-state index contributed by atoms with van der Waals surface area (Å²) in [6.45, 7) is 6.62. The van der Waals surface area contributed by atoms with Gasteiger partial charge < -0.3 is 10.1 Å². The lowest BCUT2D eigenvalue weighted by Gasteiger charge is -2.31. The quantitative estimate of drug-likeness (QED) is 0.844. The van der Waals surface area contributed by atoms with Gasteiger partial charge in [0.2, 0.25) is 0 Å². The molecule has 0 atom stereocenters. The first-order chi connectivity index (χ1) is 11.3. The van der Waals surface area contributed by atoms with E-state index in [4.69, 9.17) is 4.74 Å². The Kier molecular flexibility index (Phi) is 5.88. The zero-order chi connectivity index (χ0) is 17.7. The first-order valence-corrected chi connectivity index (χ1v) is 8.53. The van der Waals surface area contributed by atoms with Gasteiger partial charge >= 0.3 is 12.1 Å². The van der Waals surface area contributed by atoms with E-state index < -0.39 is 11.7 Å². The standard InChI is InChI=1S/C17H22BrN3O3/c1-17(2,3)24-15(22)19-8-11-20-9-5-10-21(16(20)23)14-7-4-6-13(18)12-14/h4-7,9,12H,8,10-11H2,1-3H3,(H,19,22). The topological polar surface area (TPSA) is 61.9 Å². The van der Waals surface area contributed by atoms with Crippen LogP contribution in [0.2, 0.25) is 0 Å². The Balaban J connectivity index is 1.90. The number of alkyl carbamates (subject to hydrolysis) is 1. The molecule has 1 aliphatic rings. The number of carbonyl (C=O) groups is 2. The fourth-order valence-electron chi connectivity index (χ4n) is 2.20. The van der Waals surface area contributed by atoms with Gasteiger partial charge in [-0.1, -0.05) is 22.0 Å². The van der Waals surface area contributed by atoms with Crippen LogP contribution >= 0.6 is 15.9 Å². The van der Waals surface area contributed by atoms with Gasteiger partial charge in [-0.3, -0.25) is 9.80 Å². The maximum Gasteiger partial charge on any atom is 0.407 e. The largest absolute Gasteiger partial charge is 0.444 e. The molecule has 0 aliphatic carbocycles. The van der Waals surface area contributed by atoms with Crippen LogP contribution in [0.1, 0.15) is 20.8 Å². The van der Waals surface area contributed by atoms with Crippen LogP contribution in [-0.2, 0) is 4.74 Å². The predicted octanol–water partition coefficient (Wildman–Crippen LogP) is 3.73. The molecule has 6 nitrogen and oxygen atoms in total. The molecule has 0 spiro atoms. The highest BCUT2D eigenvalue weighted by Gasteiger charge is 2.24. The molecule has 1 N–H and O–H groups in total. The number of amides is 3. The van der Waals surface area contributed by atoms with Gasteiger partial charge in [-0.05, 0) is 45.0 Å². The summed E-state index contributed by atoms with van der Waals surface area (Å²) in [6, 6.07) is 7.46. The van der Waals surface area contributed by atoms with Crippen molar-refractivity contribution in [2.75, 3.05) is 24.5 Å². The molecule has 0 aromatic heterocycles. The minimum Gasteiger partial charge on any atom is -0.444 e. The van der Waals surface area contributed by atoms with Crippen LogP contribution in [-0.4, -0.2) is 42.3 Å². The summed E-state index contributed by atoms with van der Waals surface area (Å²) >= 11 is 3.41. The van der Waals surface area contributed by atoms with Gasteiger partial charge in [0.1, 0.15) is 5.60 Å². The SMILES string of the molecule is CC(C)(C)OC(=O)NCCN1C=CCN(c2cccc(Br)c2)C1=O. The van der Waals surface area contributed by atoms with E-state index in [2.05, 4.69) is 21.2 Å². The number of ether oxygens (including phenoxy) is 1. The zero-order valence-corrected chi connectivity index (χ0v) is 15.7. The Morgan fingerprint density at radius 3 is 2.79 bits per heavy atom. The lowest BCUT2D eigenvalue weighted by Crippen LogP contribution is -2.46. The van der Waals surface area contributed by atoms with Crippen molar-refractivity contribution in [3.8, 4) is 0 Å². The summed E-state index contributed by atoms with van der Waals surface area (Å²) < 4.78 is 6.09. The van der Waals surface area contributed by atoms with Crippen molar-refractivity contribution in [2.24, 2.45) is 0 Å². The molecule has 0 saturated carbocycles. The number of nitrogens with zero attached hydrogens (tertiary/aromatic N) is 2. The Labute approximate surface area is 150 Å². The highest BCUT2D eigenvalue weighted by molar-refractivity contribution is 9.10. The molecule has 0 unspecified atom stereocenters. The summed E-state index contributed by atoms with van der Waals surface area (Å²) in [4.78, 5) is 27.5. The van der Waals surface area contributed by atoms with Crippen molar-refractivity contribution < 1.29 is 14.3 Å². The summed E-state index contributed by atoms with van der Waals surface area (Å²) in [7, 11) is 0. The normalized spacial score (nSPS) is 14.8. The number of hydrogen-bond donors (Lipinski definition) is 1. The molecule has 1 heterocycles. The van der Waals surface area contributed by atoms with E-state index in [9.17, 15) is 9.59 Å². The third-order valence-electron chi connectivity index (χ3n) is 3.19. The van der Waals surface area contributed by atoms with Crippen LogP contribution in [0.25, 0.3) is 0 Å². The van der Waals surface area contributed by atoms with Crippen LogP contribution in [0.3, 0.4) is 0 Å². The number of nitrogens with one attached hydrogen (secondary N) is 1. The van der Waals surface area contributed by atoms with E-state index in [1.54, 1.807) is 36.8 Å². The van der Waals surface area contributed by atoms with Crippen LogP contribution in [0.4, 0.5) is 15.3 Å². The van der Waals surface area contributed by atoms with Crippen molar-refractivity contribution in [3.05, 3.63) is 41.0 Å². The molecule has 1 aliphatic heterocycles. The molecular weight excluding hydrogens is 374 g/mol. The second-order valence-electron chi connectivity index (χ2n) is 6.38. The number of anilines is 1. The molecule has 0 radical (unpaired) electrons. The van der Waals surface area contributed by atoms with Crippen LogP contribution < -0.4 is 10.2 Å². The summed E-state index contributed by atoms with van der Waals surface area (Å²) in [6.07, 6.45) is 3.17. The van der Waals surface area contributed by atoms with Crippen molar-refractivity contribution in [1.29, 1.82) is 0 Å². The fraction of sp³-hybridized carbons (Fsp3) is 0.412. The minimum absolute atomic E-state index is 0.124. The molecule has 0 saturated heterocycles. The number of urea groups is 1. The summed E-state index contributed by atoms with van der Waals surface area (Å²) in [5.41, 5.74) is 0.284. The third-order valence-corrected chi connectivity index (χ3v) is 3.68. The van der Waals surface area contributed by atoms with Crippen LogP contribution in [0.5, 0.6) is 0 Å². The average Bonchev–Trinajstić information content (AvgIpc) is 2.47. The second-order valence-corrected chi connectivity index (χ2v) is 7.30. The van der Waals surface area contributed by atoms with Gasteiger partial charge in [0.15, 0.2) is 0 Å². The number of halogens is 1. The van der Waals surface area contributed by atoms with E-state index in [1.807, 2.05) is 30.3 Å². The molecular formula is C17H22BrN3O3.